The molecule has 0 spiro atoms. The quantitative estimate of drug-likeness (QED) is 0.677. The van der Waals surface area contributed by atoms with Crippen LogP contribution in [0.25, 0.3) is 0 Å². The van der Waals surface area contributed by atoms with Gasteiger partial charge in [0, 0.05) is 25.6 Å². The Hall–Kier alpha value is -0.940. The average molecular weight is 285 g/mol. The lowest BCUT2D eigenvalue weighted by atomic mass is 9.79. The van der Waals surface area contributed by atoms with E-state index in [4.69, 9.17) is 0 Å². The second-order valence-electron chi connectivity index (χ2n) is 5.00. The molecule has 0 aliphatic carbocycles. The molecule has 1 fully saturated rings. The molecule has 1 aromatic carbocycles. The van der Waals surface area contributed by atoms with E-state index in [9.17, 15) is 13.6 Å². The summed E-state index contributed by atoms with van der Waals surface area (Å²) in [6.45, 7) is 1.67. The molecule has 1 aliphatic heterocycles. The maximum Gasteiger partial charge on any atom is 0.126 e. The van der Waals surface area contributed by atoms with Crippen molar-refractivity contribution < 1.29 is 13.6 Å². The van der Waals surface area contributed by atoms with E-state index in [0.29, 0.717) is 12.0 Å². The van der Waals surface area contributed by atoms with Crippen LogP contribution < -0.4 is 0 Å². The lowest BCUT2D eigenvalue weighted by Crippen LogP contribution is -2.30. The Balaban J connectivity index is 2.21. The van der Waals surface area contributed by atoms with Gasteiger partial charge in [-0.05, 0) is 42.4 Å². The van der Waals surface area contributed by atoms with Crippen molar-refractivity contribution in [3.63, 3.8) is 0 Å². The molecule has 1 aromatic rings. The van der Waals surface area contributed by atoms with Crippen molar-refractivity contribution in [1.82, 2.24) is 4.31 Å². The Labute approximate surface area is 117 Å². The van der Waals surface area contributed by atoms with Gasteiger partial charge in [0.15, 0.2) is 0 Å². The fourth-order valence-electron chi connectivity index (χ4n) is 2.78. The van der Waals surface area contributed by atoms with E-state index in [1.807, 2.05) is 4.31 Å². The molecule has 0 N–H and O–H groups in total. The van der Waals surface area contributed by atoms with Gasteiger partial charge in [-0.2, -0.15) is 0 Å². The number of hydrogen-bond donors (Lipinski definition) is 1. The first kappa shape index (κ1) is 14.5. The van der Waals surface area contributed by atoms with Crippen LogP contribution in [0.3, 0.4) is 0 Å². The summed E-state index contributed by atoms with van der Waals surface area (Å²) in [5.74, 6) is -1.01. The summed E-state index contributed by atoms with van der Waals surface area (Å²) >= 11 is 4.29. The van der Waals surface area contributed by atoms with Gasteiger partial charge in [0.1, 0.15) is 17.9 Å². The minimum atomic E-state index is -0.586. The maximum atomic E-state index is 13.3. The van der Waals surface area contributed by atoms with Crippen LogP contribution >= 0.6 is 12.8 Å². The van der Waals surface area contributed by atoms with Crippen LogP contribution in [0, 0.1) is 17.6 Å². The topological polar surface area (TPSA) is 20.3 Å². The molecule has 19 heavy (non-hydrogen) atoms. The van der Waals surface area contributed by atoms with Gasteiger partial charge in [0.2, 0.25) is 0 Å². The number of halogens is 2. The van der Waals surface area contributed by atoms with Gasteiger partial charge in [-0.25, -0.2) is 8.78 Å². The van der Waals surface area contributed by atoms with Gasteiger partial charge in [0.05, 0.1) is 0 Å². The minimum Gasteiger partial charge on any atom is -0.303 e. The summed E-state index contributed by atoms with van der Waals surface area (Å²) < 4.78 is 28.5. The molecule has 0 unspecified atom stereocenters. The number of piperidine rings is 1. The first-order valence-corrected chi connectivity index (χ1v) is 6.83. The van der Waals surface area contributed by atoms with Crippen molar-refractivity contribution in [2.24, 2.45) is 5.92 Å². The fourth-order valence-corrected chi connectivity index (χ4v) is 3.01. The number of nitrogens with zero attached hydrogens (tertiary/aromatic N) is 1. The summed E-state index contributed by atoms with van der Waals surface area (Å²) in [6.07, 6.45) is 2.92. The van der Waals surface area contributed by atoms with Crippen LogP contribution in [0.1, 0.15) is 30.7 Å². The SMILES string of the molecule is O=CC[C@@H](c1cc(F)cc(F)c1)C1CCN(S)CC1. The Morgan fingerprint density at radius 1 is 1.26 bits per heavy atom. The largest absolute Gasteiger partial charge is 0.303 e. The minimum absolute atomic E-state index is 0.107. The number of hydrogen-bond acceptors (Lipinski definition) is 3. The van der Waals surface area contributed by atoms with E-state index >= 15 is 0 Å². The highest BCUT2D eigenvalue weighted by molar-refractivity contribution is 7.77. The molecule has 1 saturated heterocycles. The number of carbonyl (C=O) groups excluding carboxylic acids is 1. The Morgan fingerprint density at radius 3 is 2.37 bits per heavy atom. The Kier molecular flexibility index (Phi) is 4.93. The molecule has 5 heteroatoms. The molecule has 2 nitrogen and oxygen atoms in total. The lowest BCUT2D eigenvalue weighted by molar-refractivity contribution is -0.108. The normalized spacial score (nSPS) is 19.3. The summed E-state index contributed by atoms with van der Waals surface area (Å²) in [4.78, 5) is 10.9. The fraction of sp³-hybridized carbons (Fsp3) is 0.500. The third-order valence-corrected chi connectivity index (χ3v) is 4.15. The first-order chi connectivity index (χ1) is 9.10. The molecule has 2 rings (SSSR count). The molecule has 104 valence electrons. The van der Waals surface area contributed by atoms with E-state index in [1.165, 1.54) is 12.1 Å². The van der Waals surface area contributed by atoms with Crippen LogP contribution in [0.2, 0.25) is 0 Å². The van der Waals surface area contributed by atoms with E-state index in [0.717, 1.165) is 38.3 Å². The summed E-state index contributed by atoms with van der Waals surface area (Å²) in [6, 6.07) is 3.53. The van der Waals surface area contributed by atoms with Crippen molar-refractivity contribution in [3.8, 4) is 0 Å². The van der Waals surface area contributed by atoms with Gasteiger partial charge >= 0.3 is 0 Å². The highest BCUT2D eigenvalue weighted by Gasteiger charge is 2.27. The van der Waals surface area contributed by atoms with Crippen LogP contribution in [-0.2, 0) is 4.79 Å². The van der Waals surface area contributed by atoms with Crippen molar-refractivity contribution in [3.05, 3.63) is 35.4 Å². The smallest absolute Gasteiger partial charge is 0.126 e. The summed E-state index contributed by atoms with van der Waals surface area (Å²) in [5, 5.41) is 0. The Morgan fingerprint density at radius 2 is 1.84 bits per heavy atom. The van der Waals surface area contributed by atoms with Crippen LogP contribution in [0.15, 0.2) is 18.2 Å². The monoisotopic (exact) mass is 285 g/mol. The molecule has 0 amide bonds. The number of aldehydes is 1. The van der Waals surface area contributed by atoms with E-state index < -0.39 is 11.6 Å². The van der Waals surface area contributed by atoms with Gasteiger partial charge in [-0.1, -0.05) is 12.8 Å². The van der Waals surface area contributed by atoms with Crippen LogP contribution in [0.5, 0.6) is 0 Å². The van der Waals surface area contributed by atoms with E-state index in [2.05, 4.69) is 12.8 Å². The number of benzene rings is 1. The molecular formula is C14H17F2NOS. The summed E-state index contributed by atoms with van der Waals surface area (Å²) in [5.41, 5.74) is 0.585. The number of rotatable bonds is 4. The van der Waals surface area contributed by atoms with Gasteiger partial charge in [-0.3, -0.25) is 4.31 Å². The third-order valence-electron chi connectivity index (χ3n) is 3.75. The van der Waals surface area contributed by atoms with Crippen molar-refractivity contribution >= 4 is 19.1 Å². The third kappa shape index (κ3) is 3.76. The van der Waals surface area contributed by atoms with E-state index in [-0.39, 0.29) is 11.8 Å². The maximum absolute atomic E-state index is 13.3. The molecule has 0 radical (unpaired) electrons. The van der Waals surface area contributed by atoms with Crippen LogP contribution in [-0.4, -0.2) is 23.7 Å². The Bertz CT molecular complexity index is 427. The van der Waals surface area contributed by atoms with Crippen LogP contribution in [0.4, 0.5) is 8.78 Å². The van der Waals surface area contributed by atoms with E-state index in [1.54, 1.807) is 0 Å². The van der Waals surface area contributed by atoms with Crippen molar-refractivity contribution in [1.29, 1.82) is 0 Å². The lowest BCUT2D eigenvalue weighted by Gasteiger charge is -2.33. The highest BCUT2D eigenvalue weighted by Crippen LogP contribution is 2.35. The zero-order valence-electron chi connectivity index (χ0n) is 10.6. The van der Waals surface area contributed by atoms with Gasteiger partial charge in [0.25, 0.3) is 0 Å². The number of thiol groups is 1. The second-order valence-corrected chi connectivity index (χ2v) is 5.57. The number of carbonyl (C=O) groups is 1. The molecular weight excluding hydrogens is 268 g/mol. The second kappa shape index (κ2) is 6.48. The summed E-state index contributed by atoms with van der Waals surface area (Å²) in [7, 11) is 0. The average Bonchev–Trinajstić information content (AvgIpc) is 2.36. The van der Waals surface area contributed by atoms with Gasteiger partial charge in [-0.15, -0.1) is 0 Å². The zero-order chi connectivity index (χ0) is 13.8. The predicted octanol–water partition coefficient (Wildman–Crippen LogP) is 3.19. The predicted molar refractivity (Wildman–Crippen MR) is 73.1 cm³/mol. The molecule has 1 heterocycles. The molecule has 1 aliphatic rings. The molecule has 0 saturated carbocycles. The first-order valence-electron chi connectivity index (χ1n) is 6.43. The highest BCUT2D eigenvalue weighted by atomic mass is 32.1. The standard InChI is InChI=1S/C14H17F2NOS/c15-12-7-11(8-13(16)9-12)14(3-6-18)10-1-4-17(19)5-2-10/h6-10,14,19H,1-5H2/t14-/m1/s1. The van der Waals surface area contributed by atoms with Crippen molar-refractivity contribution in [2.45, 2.75) is 25.2 Å². The van der Waals surface area contributed by atoms with Crippen molar-refractivity contribution in [2.75, 3.05) is 13.1 Å². The molecule has 0 bridgehead atoms. The molecule has 0 aromatic heterocycles. The van der Waals surface area contributed by atoms with Gasteiger partial charge < -0.3 is 4.79 Å². The zero-order valence-corrected chi connectivity index (χ0v) is 11.5. The molecule has 1 atom stereocenters.